The van der Waals surface area contributed by atoms with Crippen LogP contribution in [0.3, 0.4) is 0 Å². The molecule has 0 radical (unpaired) electrons. The minimum absolute atomic E-state index is 0.667. The maximum absolute atomic E-state index is 6.43. The number of hydrogen-bond donors (Lipinski definition) is 2. The summed E-state index contributed by atoms with van der Waals surface area (Å²) in [5, 5.41) is 2.58. The Morgan fingerprint density at radius 3 is 2.48 bits per heavy atom. The molecule has 0 aliphatic rings. The van der Waals surface area contributed by atoms with E-state index in [4.69, 9.17) is 28.9 Å². The fourth-order valence-corrected chi connectivity index (χ4v) is 3.60. The zero-order valence-corrected chi connectivity index (χ0v) is 14.6. The van der Waals surface area contributed by atoms with Gasteiger partial charge in [-0.15, -0.1) is 0 Å². The summed E-state index contributed by atoms with van der Waals surface area (Å²) in [6.45, 7) is 2.82. The highest BCUT2D eigenvalue weighted by Crippen LogP contribution is 2.39. The van der Waals surface area contributed by atoms with Crippen molar-refractivity contribution >= 4 is 34.1 Å². The number of nitrogens with two attached hydrogens (primary N) is 1. The molecule has 120 valence electrons. The molecular weight excluding hydrogens is 327 g/mol. The van der Waals surface area contributed by atoms with E-state index >= 15 is 0 Å². The summed E-state index contributed by atoms with van der Waals surface area (Å²) in [7, 11) is 0. The van der Waals surface area contributed by atoms with Crippen LogP contribution < -0.4 is 5.73 Å². The van der Waals surface area contributed by atoms with Gasteiger partial charge in [0, 0.05) is 16.5 Å². The van der Waals surface area contributed by atoms with E-state index in [9.17, 15) is 0 Å². The molecule has 1 heterocycles. The fourth-order valence-electron chi connectivity index (χ4n) is 3.02. The molecule has 0 aliphatic heterocycles. The predicted octanol–water partition coefficient (Wildman–Crippen LogP) is 5.73. The lowest BCUT2D eigenvalue weighted by Gasteiger charge is -2.09. The Bertz CT molecular complexity index is 816. The first-order valence-electron chi connectivity index (χ1n) is 7.87. The van der Waals surface area contributed by atoms with Crippen molar-refractivity contribution in [2.45, 2.75) is 26.2 Å². The molecule has 2 aromatic carbocycles. The molecule has 1 aromatic heterocycles. The Morgan fingerprint density at radius 1 is 1.04 bits per heavy atom. The Balaban J connectivity index is 2.20. The van der Waals surface area contributed by atoms with Crippen LogP contribution in [0, 0.1) is 6.92 Å². The molecule has 3 rings (SSSR count). The molecule has 0 spiro atoms. The van der Waals surface area contributed by atoms with Crippen molar-refractivity contribution in [2.24, 2.45) is 5.73 Å². The van der Waals surface area contributed by atoms with Crippen molar-refractivity contribution in [1.82, 2.24) is 4.98 Å². The minimum Gasteiger partial charge on any atom is -0.354 e. The number of aromatic nitrogens is 1. The Morgan fingerprint density at radius 2 is 1.78 bits per heavy atom. The number of benzene rings is 2. The molecule has 0 aliphatic carbocycles. The van der Waals surface area contributed by atoms with Crippen LogP contribution in [-0.2, 0) is 6.42 Å². The highest BCUT2D eigenvalue weighted by molar-refractivity contribution is 6.39. The standard InChI is InChI=1S/C19H20Cl2N2/c1-12-8-9-17-14(11-12)13(5-2-3-10-22)19(23-17)18-15(20)6-4-7-16(18)21/h4,6-9,11,23H,2-3,5,10,22H2,1H3. The maximum atomic E-state index is 6.43. The van der Waals surface area contributed by atoms with E-state index in [0.29, 0.717) is 16.6 Å². The number of aromatic amines is 1. The van der Waals surface area contributed by atoms with Crippen LogP contribution in [-0.4, -0.2) is 11.5 Å². The largest absolute Gasteiger partial charge is 0.354 e. The fraction of sp³-hybridized carbons (Fsp3) is 0.263. The zero-order chi connectivity index (χ0) is 16.4. The first-order valence-corrected chi connectivity index (χ1v) is 8.63. The molecule has 0 amide bonds. The van der Waals surface area contributed by atoms with Crippen LogP contribution in [0.1, 0.15) is 24.0 Å². The summed E-state index contributed by atoms with van der Waals surface area (Å²) >= 11 is 12.9. The van der Waals surface area contributed by atoms with Gasteiger partial charge < -0.3 is 10.7 Å². The van der Waals surface area contributed by atoms with Gasteiger partial charge in [0.2, 0.25) is 0 Å². The van der Waals surface area contributed by atoms with Crippen molar-refractivity contribution in [3.8, 4) is 11.3 Å². The monoisotopic (exact) mass is 346 g/mol. The number of nitrogens with one attached hydrogen (secondary N) is 1. The quantitative estimate of drug-likeness (QED) is 0.569. The van der Waals surface area contributed by atoms with Crippen LogP contribution in [0.25, 0.3) is 22.2 Å². The molecule has 0 atom stereocenters. The van der Waals surface area contributed by atoms with Gasteiger partial charge in [0.1, 0.15) is 0 Å². The molecule has 0 unspecified atom stereocenters. The third-order valence-electron chi connectivity index (χ3n) is 4.16. The predicted molar refractivity (Wildman–Crippen MR) is 100 cm³/mol. The third kappa shape index (κ3) is 3.25. The number of H-pyrrole nitrogens is 1. The SMILES string of the molecule is Cc1ccc2[nH]c(-c3c(Cl)cccc3Cl)c(CCCCN)c2c1. The number of rotatable bonds is 5. The summed E-state index contributed by atoms with van der Waals surface area (Å²) in [5.74, 6) is 0. The second kappa shape index (κ2) is 6.96. The van der Waals surface area contributed by atoms with Gasteiger partial charge >= 0.3 is 0 Å². The van der Waals surface area contributed by atoms with Gasteiger partial charge in [-0.2, -0.15) is 0 Å². The Hall–Kier alpha value is -1.48. The molecule has 2 nitrogen and oxygen atoms in total. The minimum atomic E-state index is 0.667. The third-order valence-corrected chi connectivity index (χ3v) is 4.79. The second-order valence-electron chi connectivity index (χ2n) is 5.87. The first-order chi connectivity index (χ1) is 11.1. The molecule has 4 heteroatoms. The van der Waals surface area contributed by atoms with Gasteiger partial charge in [-0.3, -0.25) is 0 Å². The van der Waals surface area contributed by atoms with Crippen LogP contribution in [0.15, 0.2) is 36.4 Å². The molecule has 0 fully saturated rings. The van der Waals surface area contributed by atoms with Crippen molar-refractivity contribution in [3.05, 3.63) is 57.6 Å². The van der Waals surface area contributed by atoms with Gasteiger partial charge in [0.25, 0.3) is 0 Å². The lowest BCUT2D eigenvalue weighted by atomic mass is 9.99. The van der Waals surface area contributed by atoms with Gasteiger partial charge in [0.15, 0.2) is 0 Å². The van der Waals surface area contributed by atoms with E-state index in [-0.39, 0.29) is 0 Å². The van der Waals surface area contributed by atoms with E-state index in [1.807, 2.05) is 18.2 Å². The van der Waals surface area contributed by atoms with E-state index in [1.165, 1.54) is 16.5 Å². The van der Waals surface area contributed by atoms with Crippen LogP contribution in [0.5, 0.6) is 0 Å². The maximum Gasteiger partial charge on any atom is 0.0527 e. The van der Waals surface area contributed by atoms with Crippen LogP contribution in [0.4, 0.5) is 0 Å². The molecule has 0 saturated carbocycles. The molecule has 0 saturated heterocycles. The van der Waals surface area contributed by atoms with Crippen LogP contribution >= 0.6 is 23.2 Å². The second-order valence-corrected chi connectivity index (χ2v) is 6.68. The van der Waals surface area contributed by atoms with E-state index < -0.39 is 0 Å². The van der Waals surface area contributed by atoms with Crippen molar-refractivity contribution in [2.75, 3.05) is 6.54 Å². The van der Waals surface area contributed by atoms with E-state index in [0.717, 1.165) is 36.0 Å². The Kier molecular flexibility index (Phi) is 4.96. The summed E-state index contributed by atoms with van der Waals surface area (Å²) in [6.07, 6.45) is 3.01. The molecule has 23 heavy (non-hydrogen) atoms. The van der Waals surface area contributed by atoms with Crippen molar-refractivity contribution in [3.63, 3.8) is 0 Å². The van der Waals surface area contributed by atoms with Crippen molar-refractivity contribution in [1.29, 1.82) is 0 Å². The van der Waals surface area contributed by atoms with Gasteiger partial charge in [-0.25, -0.2) is 0 Å². The topological polar surface area (TPSA) is 41.8 Å². The van der Waals surface area contributed by atoms with Crippen molar-refractivity contribution < 1.29 is 0 Å². The summed E-state index contributed by atoms with van der Waals surface area (Å²) in [5.41, 5.74) is 11.2. The smallest absolute Gasteiger partial charge is 0.0527 e. The highest BCUT2D eigenvalue weighted by atomic mass is 35.5. The number of unbranched alkanes of at least 4 members (excludes halogenated alkanes) is 1. The average Bonchev–Trinajstić information content (AvgIpc) is 2.85. The number of fused-ring (bicyclic) bond motifs is 1. The number of hydrogen-bond acceptors (Lipinski definition) is 1. The summed E-state index contributed by atoms with van der Waals surface area (Å²) in [4.78, 5) is 3.52. The van der Waals surface area contributed by atoms with E-state index in [2.05, 4.69) is 30.1 Å². The summed E-state index contributed by atoms with van der Waals surface area (Å²) in [6, 6.07) is 12.1. The lowest BCUT2D eigenvalue weighted by molar-refractivity contribution is 0.748. The van der Waals surface area contributed by atoms with Gasteiger partial charge in [-0.05, 0) is 62.6 Å². The average molecular weight is 347 g/mol. The molecule has 3 N–H and O–H groups in total. The summed E-state index contributed by atoms with van der Waals surface area (Å²) < 4.78 is 0. The molecule has 0 bridgehead atoms. The highest BCUT2D eigenvalue weighted by Gasteiger charge is 2.17. The number of aryl methyl sites for hydroxylation is 2. The zero-order valence-electron chi connectivity index (χ0n) is 13.1. The van der Waals surface area contributed by atoms with Crippen LogP contribution in [0.2, 0.25) is 10.0 Å². The van der Waals surface area contributed by atoms with Gasteiger partial charge in [-0.1, -0.05) is 40.9 Å². The number of halogens is 2. The van der Waals surface area contributed by atoms with E-state index in [1.54, 1.807) is 0 Å². The van der Waals surface area contributed by atoms with Gasteiger partial charge in [0.05, 0.1) is 15.7 Å². The Labute approximate surface area is 146 Å². The lowest BCUT2D eigenvalue weighted by Crippen LogP contribution is -1.99. The molecule has 3 aromatic rings. The first kappa shape index (κ1) is 16.4. The normalized spacial score (nSPS) is 11.3. The molecular formula is C19H20Cl2N2.